The molecule has 1 aliphatic carbocycles. The summed E-state index contributed by atoms with van der Waals surface area (Å²) < 4.78 is 5.76. The normalized spacial score (nSPS) is 17.6. The molecular weight excluding hydrogens is 200 g/mol. The summed E-state index contributed by atoms with van der Waals surface area (Å²) >= 11 is 0. The van der Waals surface area contributed by atoms with Gasteiger partial charge in [-0.3, -0.25) is 4.99 Å². The summed E-state index contributed by atoms with van der Waals surface area (Å²) in [7, 11) is 0. The standard InChI is InChI=1S/C13H10N2O/c14-10-4-3-7-12-9(10)8-15-11-5-1-2-6-13(11)16-12/h1-3,5-8,14H,4H2. The molecule has 0 fully saturated rings. The van der Waals surface area contributed by atoms with Crippen molar-refractivity contribution < 1.29 is 4.74 Å². The molecule has 0 radical (unpaired) electrons. The van der Waals surface area contributed by atoms with Gasteiger partial charge in [0, 0.05) is 18.3 Å². The molecule has 78 valence electrons. The van der Waals surface area contributed by atoms with Crippen LogP contribution in [-0.4, -0.2) is 11.9 Å². The van der Waals surface area contributed by atoms with Gasteiger partial charge < -0.3 is 10.1 Å². The predicted molar refractivity (Wildman–Crippen MR) is 63.7 cm³/mol. The summed E-state index contributed by atoms with van der Waals surface area (Å²) in [5.74, 6) is 1.45. The van der Waals surface area contributed by atoms with Crippen LogP contribution in [0.2, 0.25) is 0 Å². The van der Waals surface area contributed by atoms with Crippen LogP contribution in [0.5, 0.6) is 5.75 Å². The van der Waals surface area contributed by atoms with Gasteiger partial charge in [0.1, 0.15) is 11.4 Å². The number of fused-ring (bicyclic) bond motifs is 1. The van der Waals surface area contributed by atoms with Crippen LogP contribution >= 0.6 is 0 Å². The molecule has 0 spiro atoms. The van der Waals surface area contributed by atoms with E-state index in [0.717, 1.165) is 17.0 Å². The van der Waals surface area contributed by atoms with Gasteiger partial charge in [-0.2, -0.15) is 0 Å². The van der Waals surface area contributed by atoms with Gasteiger partial charge >= 0.3 is 0 Å². The Kier molecular flexibility index (Phi) is 1.96. The highest BCUT2D eigenvalue weighted by Crippen LogP contribution is 2.32. The Bertz CT molecular complexity index is 553. The summed E-state index contributed by atoms with van der Waals surface area (Å²) in [5.41, 5.74) is 2.13. The van der Waals surface area contributed by atoms with E-state index in [0.29, 0.717) is 17.9 Å². The van der Waals surface area contributed by atoms with Crippen LogP contribution in [0, 0.1) is 5.41 Å². The maximum Gasteiger partial charge on any atom is 0.153 e. The lowest BCUT2D eigenvalue weighted by atomic mass is 10.0. The lowest BCUT2D eigenvalue weighted by Crippen LogP contribution is -2.10. The second-order valence-electron chi connectivity index (χ2n) is 3.69. The Morgan fingerprint density at radius 1 is 1.25 bits per heavy atom. The van der Waals surface area contributed by atoms with Gasteiger partial charge in [0.15, 0.2) is 5.75 Å². The van der Waals surface area contributed by atoms with E-state index in [-0.39, 0.29) is 0 Å². The van der Waals surface area contributed by atoms with E-state index in [9.17, 15) is 0 Å². The third kappa shape index (κ3) is 1.37. The van der Waals surface area contributed by atoms with Gasteiger partial charge in [-0.25, -0.2) is 0 Å². The van der Waals surface area contributed by atoms with E-state index in [1.165, 1.54) is 0 Å². The second kappa shape index (κ2) is 3.45. The molecule has 1 N–H and O–H groups in total. The van der Waals surface area contributed by atoms with E-state index in [1.54, 1.807) is 6.21 Å². The van der Waals surface area contributed by atoms with Crippen molar-refractivity contribution in [2.75, 3.05) is 0 Å². The van der Waals surface area contributed by atoms with Crippen LogP contribution in [0.25, 0.3) is 0 Å². The Morgan fingerprint density at radius 2 is 2.12 bits per heavy atom. The first-order chi connectivity index (χ1) is 7.84. The zero-order valence-electron chi connectivity index (χ0n) is 8.60. The van der Waals surface area contributed by atoms with Crippen molar-refractivity contribution in [3.63, 3.8) is 0 Å². The predicted octanol–water partition coefficient (Wildman–Crippen LogP) is 3.02. The third-order valence-corrected chi connectivity index (χ3v) is 2.60. The molecule has 0 unspecified atom stereocenters. The summed E-state index contributed by atoms with van der Waals surface area (Å²) in [6, 6.07) is 7.62. The Labute approximate surface area is 93.3 Å². The lowest BCUT2D eigenvalue weighted by Gasteiger charge is -2.12. The van der Waals surface area contributed by atoms with Crippen LogP contribution in [-0.2, 0) is 0 Å². The first kappa shape index (κ1) is 9.09. The van der Waals surface area contributed by atoms with Crippen molar-refractivity contribution in [3.05, 3.63) is 47.7 Å². The van der Waals surface area contributed by atoms with E-state index in [1.807, 2.05) is 36.4 Å². The number of ether oxygens (including phenoxy) is 1. The Hall–Kier alpha value is -2.16. The molecule has 3 nitrogen and oxygen atoms in total. The summed E-state index contributed by atoms with van der Waals surface area (Å²) in [6.45, 7) is 0. The minimum atomic E-state index is 0.550. The number of hydrogen-bond acceptors (Lipinski definition) is 3. The molecule has 0 amide bonds. The number of allylic oxidation sites excluding steroid dienone is 3. The summed E-state index contributed by atoms with van der Waals surface area (Å²) in [4.78, 5) is 4.34. The topological polar surface area (TPSA) is 45.4 Å². The molecule has 0 saturated heterocycles. The molecule has 1 aromatic rings. The fourth-order valence-electron chi connectivity index (χ4n) is 1.77. The highest BCUT2D eigenvalue weighted by molar-refractivity contribution is 6.17. The van der Waals surface area contributed by atoms with Gasteiger partial charge in [-0.15, -0.1) is 0 Å². The summed E-state index contributed by atoms with van der Waals surface area (Å²) in [6.07, 6.45) is 6.20. The fraction of sp³-hybridized carbons (Fsp3) is 0.0769. The van der Waals surface area contributed by atoms with Crippen LogP contribution in [0.3, 0.4) is 0 Å². The van der Waals surface area contributed by atoms with Crippen molar-refractivity contribution in [2.45, 2.75) is 6.42 Å². The second-order valence-corrected chi connectivity index (χ2v) is 3.69. The largest absolute Gasteiger partial charge is 0.454 e. The van der Waals surface area contributed by atoms with E-state index in [4.69, 9.17) is 10.1 Å². The molecule has 16 heavy (non-hydrogen) atoms. The average molecular weight is 210 g/mol. The van der Waals surface area contributed by atoms with Gasteiger partial charge in [0.05, 0.1) is 5.57 Å². The first-order valence-electron chi connectivity index (χ1n) is 5.14. The quantitative estimate of drug-likeness (QED) is 0.702. The number of nitrogens with one attached hydrogen (secondary N) is 1. The van der Waals surface area contributed by atoms with Crippen molar-refractivity contribution in [1.82, 2.24) is 0 Å². The highest BCUT2D eigenvalue weighted by Gasteiger charge is 2.17. The van der Waals surface area contributed by atoms with Crippen LogP contribution < -0.4 is 4.74 Å². The molecule has 2 aliphatic rings. The Morgan fingerprint density at radius 3 is 3.06 bits per heavy atom. The highest BCUT2D eigenvalue weighted by atomic mass is 16.5. The number of rotatable bonds is 0. The number of nitrogens with zero attached hydrogens (tertiary/aromatic N) is 1. The number of hydrogen-bond donors (Lipinski definition) is 1. The van der Waals surface area contributed by atoms with Gasteiger partial charge in [-0.05, 0) is 18.2 Å². The zero-order valence-corrected chi connectivity index (χ0v) is 8.60. The van der Waals surface area contributed by atoms with E-state index < -0.39 is 0 Å². The minimum Gasteiger partial charge on any atom is -0.454 e. The van der Waals surface area contributed by atoms with E-state index >= 15 is 0 Å². The molecule has 3 heteroatoms. The maximum absolute atomic E-state index is 7.84. The number of benzene rings is 1. The molecule has 3 rings (SSSR count). The third-order valence-electron chi connectivity index (χ3n) is 2.60. The van der Waals surface area contributed by atoms with Crippen molar-refractivity contribution >= 4 is 17.6 Å². The molecule has 1 aromatic carbocycles. The van der Waals surface area contributed by atoms with Crippen molar-refractivity contribution in [3.8, 4) is 5.75 Å². The summed E-state index contributed by atoms with van der Waals surface area (Å²) in [5, 5.41) is 7.84. The molecule has 1 aliphatic heterocycles. The molecule has 1 heterocycles. The van der Waals surface area contributed by atoms with E-state index in [2.05, 4.69) is 4.99 Å². The zero-order chi connectivity index (χ0) is 11.0. The minimum absolute atomic E-state index is 0.550. The number of aliphatic imine (C=N–C) groups is 1. The van der Waals surface area contributed by atoms with Gasteiger partial charge in [-0.1, -0.05) is 18.2 Å². The molecule has 0 aromatic heterocycles. The average Bonchev–Trinajstić information content (AvgIpc) is 2.48. The maximum atomic E-state index is 7.84. The lowest BCUT2D eigenvalue weighted by molar-refractivity contribution is 0.445. The molecular formula is C13H10N2O. The SMILES string of the molecule is N=C1CC=CC2=C1C=Nc1ccccc1O2. The molecule has 0 atom stereocenters. The van der Waals surface area contributed by atoms with Crippen LogP contribution in [0.15, 0.2) is 52.7 Å². The Balaban J connectivity index is 2.13. The monoisotopic (exact) mass is 210 g/mol. The molecule has 0 bridgehead atoms. The van der Waals surface area contributed by atoms with Gasteiger partial charge in [0.2, 0.25) is 0 Å². The van der Waals surface area contributed by atoms with Gasteiger partial charge in [0.25, 0.3) is 0 Å². The van der Waals surface area contributed by atoms with Crippen molar-refractivity contribution in [1.29, 1.82) is 5.41 Å². The van der Waals surface area contributed by atoms with Crippen LogP contribution in [0.1, 0.15) is 6.42 Å². The number of para-hydroxylation sites is 2. The fourth-order valence-corrected chi connectivity index (χ4v) is 1.77. The van der Waals surface area contributed by atoms with Crippen molar-refractivity contribution in [2.24, 2.45) is 4.99 Å². The smallest absolute Gasteiger partial charge is 0.153 e. The van der Waals surface area contributed by atoms with Crippen LogP contribution in [0.4, 0.5) is 5.69 Å². The molecule has 0 saturated carbocycles. The first-order valence-corrected chi connectivity index (χ1v) is 5.14.